The lowest BCUT2D eigenvalue weighted by Crippen LogP contribution is -2.26. The Bertz CT molecular complexity index is 392. The molecule has 0 aliphatic carbocycles. The Morgan fingerprint density at radius 3 is 2.80 bits per heavy atom. The van der Waals surface area contributed by atoms with Gasteiger partial charge in [0.25, 0.3) is 0 Å². The van der Waals surface area contributed by atoms with Gasteiger partial charge in [-0.2, -0.15) is 12.6 Å². The lowest BCUT2D eigenvalue weighted by Gasteiger charge is -2.18. The topological polar surface area (TPSA) is 20.3 Å². The zero-order chi connectivity index (χ0) is 11.0. The fraction of sp³-hybridized carbons (Fsp3) is 0.300. The summed E-state index contributed by atoms with van der Waals surface area (Å²) < 4.78 is 14.1. The third-order valence-corrected chi connectivity index (χ3v) is 3.30. The van der Waals surface area contributed by atoms with E-state index in [-0.39, 0.29) is 17.0 Å². The van der Waals surface area contributed by atoms with Gasteiger partial charge in [-0.15, -0.1) is 0 Å². The smallest absolute Gasteiger partial charge is 0.228 e. The van der Waals surface area contributed by atoms with Crippen LogP contribution >= 0.6 is 28.6 Å². The molecule has 1 aliphatic rings. The number of hydrogen-bond acceptors (Lipinski definition) is 2. The Morgan fingerprint density at radius 2 is 2.27 bits per heavy atom. The fourth-order valence-corrected chi connectivity index (χ4v) is 2.53. The molecule has 1 saturated heterocycles. The average molecular weight is 290 g/mol. The maximum atomic E-state index is 13.6. The van der Waals surface area contributed by atoms with Crippen LogP contribution in [0.1, 0.15) is 6.42 Å². The van der Waals surface area contributed by atoms with Gasteiger partial charge >= 0.3 is 0 Å². The van der Waals surface area contributed by atoms with Crippen molar-refractivity contribution in [1.82, 2.24) is 0 Å². The van der Waals surface area contributed by atoms with E-state index in [0.717, 1.165) is 0 Å². The first-order chi connectivity index (χ1) is 7.09. The quantitative estimate of drug-likeness (QED) is 0.788. The van der Waals surface area contributed by atoms with Crippen molar-refractivity contribution in [3.05, 3.63) is 28.5 Å². The number of amides is 1. The van der Waals surface area contributed by atoms with E-state index in [9.17, 15) is 9.18 Å². The molecule has 1 aromatic carbocycles. The van der Waals surface area contributed by atoms with Crippen LogP contribution in [0.15, 0.2) is 22.7 Å². The van der Waals surface area contributed by atoms with Crippen molar-refractivity contribution < 1.29 is 9.18 Å². The summed E-state index contributed by atoms with van der Waals surface area (Å²) in [5.74, 6) is -0.471. The zero-order valence-electron chi connectivity index (χ0n) is 7.78. The molecule has 80 valence electrons. The molecule has 1 unspecified atom stereocenters. The molecule has 1 heterocycles. The number of thiol groups is 1. The highest BCUT2D eigenvalue weighted by Crippen LogP contribution is 2.33. The summed E-state index contributed by atoms with van der Waals surface area (Å²) in [6.45, 7) is 0.460. The molecule has 1 aliphatic heterocycles. The molecule has 0 saturated carbocycles. The molecule has 1 atom stereocenters. The van der Waals surface area contributed by atoms with E-state index >= 15 is 0 Å². The zero-order valence-corrected chi connectivity index (χ0v) is 10.3. The van der Waals surface area contributed by atoms with Crippen LogP contribution in [0.25, 0.3) is 0 Å². The Kier molecular flexibility index (Phi) is 3.02. The van der Waals surface area contributed by atoms with E-state index in [1.807, 2.05) is 0 Å². The van der Waals surface area contributed by atoms with Crippen LogP contribution in [0.2, 0.25) is 0 Å². The van der Waals surface area contributed by atoms with Crippen LogP contribution in [0.5, 0.6) is 0 Å². The van der Waals surface area contributed by atoms with Crippen molar-refractivity contribution in [2.24, 2.45) is 0 Å². The normalized spacial score (nSPS) is 21.1. The minimum absolute atomic E-state index is 0.0102. The van der Waals surface area contributed by atoms with Crippen LogP contribution in [0.4, 0.5) is 10.1 Å². The highest BCUT2D eigenvalue weighted by Gasteiger charge is 2.31. The predicted molar refractivity (Wildman–Crippen MR) is 63.8 cm³/mol. The standard InChI is InChI=1S/C10H9BrFNOS/c11-7-2-1-3-8(12)10(7)13-5-6(15)4-9(13)14/h1-3,6,15H,4-5H2. The van der Waals surface area contributed by atoms with Crippen molar-refractivity contribution in [2.45, 2.75) is 11.7 Å². The lowest BCUT2D eigenvalue weighted by molar-refractivity contribution is -0.117. The van der Waals surface area contributed by atoms with Crippen LogP contribution < -0.4 is 4.90 Å². The molecule has 0 N–H and O–H groups in total. The molecule has 0 radical (unpaired) electrons. The average Bonchev–Trinajstić information content (AvgIpc) is 2.45. The SMILES string of the molecule is O=C1CC(S)CN1c1c(F)cccc1Br. The largest absolute Gasteiger partial charge is 0.308 e. The number of benzene rings is 1. The molecule has 1 amide bonds. The highest BCUT2D eigenvalue weighted by atomic mass is 79.9. The van der Waals surface area contributed by atoms with Crippen LogP contribution in [-0.4, -0.2) is 17.7 Å². The molecule has 2 nitrogen and oxygen atoms in total. The Balaban J connectivity index is 2.41. The van der Waals surface area contributed by atoms with Crippen molar-refractivity contribution in [1.29, 1.82) is 0 Å². The molecule has 0 aromatic heterocycles. The van der Waals surface area contributed by atoms with Crippen molar-refractivity contribution >= 4 is 40.2 Å². The summed E-state index contributed by atoms with van der Waals surface area (Å²) in [7, 11) is 0. The summed E-state index contributed by atoms with van der Waals surface area (Å²) in [5.41, 5.74) is 0.319. The Morgan fingerprint density at radius 1 is 1.53 bits per heavy atom. The molecule has 5 heteroatoms. The van der Waals surface area contributed by atoms with Crippen LogP contribution in [0.3, 0.4) is 0 Å². The fourth-order valence-electron chi connectivity index (χ4n) is 1.65. The number of halogens is 2. The Labute approximate surface area is 101 Å². The summed E-state index contributed by atoms with van der Waals surface area (Å²) in [4.78, 5) is 13.0. The number of hydrogen-bond donors (Lipinski definition) is 1. The number of carbonyl (C=O) groups is 1. The molecular formula is C10H9BrFNOS. The van der Waals surface area contributed by atoms with Gasteiger partial charge in [-0.3, -0.25) is 4.79 Å². The van der Waals surface area contributed by atoms with Gasteiger partial charge in [-0.25, -0.2) is 4.39 Å². The maximum Gasteiger partial charge on any atom is 0.228 e. The summed E-state index contributed by atoms with van der Waals surface area (Å²) in [6, 6.07) is 4.67. The van der Waals surface area contributed by atoms with E-state index in [4.69, 9.17) is 0 Å². The molecule has 15 heavy (non-hydrogen) atoms. The van der Waals surface area contributed by atoms with Gasteiger partial charge in [-0.1, -0.05) is 6.07 Å². The molecule has 1 fully saturated rings. The van der Waals surface area contributed by atoms with Gasteiger partial charge in [-0.05, 0) is 28.1 Å². The maximum absolute atomic E-state index is 13.6. The minimum Gasteiger partial charge on any atom is -0.308 e. The van der Waals surface area contributed by atoms with Gasteiger partial charge in [0.2, 0.25) is 5.91 Å². The third-order valence-electron chi connectivity index (χ3n) is 2.31. The monoisotopic (exact) mass is 289 g/mol. The minimum atomic E-state index is -0.389. The molecule has 0 spiro atoms. The first-order valence-corrected chi connectivity index (χ1v) is 5.83. The van der Waals surface area contributed by atoms with Crippen molar-refractivity contribution in [3.8, 4) is 0 Å². The number of para-hydroxylation sites is 1. The van der Waals surface area contributed by atoms with Gasteiger partial charge in [0.15, 0.2) is 0 Å². The molecule has 2 rings (SSSR count). The second-order valence-corrected chi connectivity index (χ2v) is 5.02. The van der Waals surface area contributed by atoms with Crippen molar-refractivity contribution in [2.75, 3.05) is 11.4 Å². The van der Waals surface area contributed by atoms with Gasteiger partial charge < -0.3 is 4.90 Å². The first kappa shape index (κ1) is 11.0. The predicted octanol–water partition coefficient (Wildman–Crippen LogP) is 2.62. The number of rotatable bonds is 1. The summed E-state index contributed by atoms with van der Waals surface area (Å²) in [6.07, 6.45) is 0.365. The molecule has 1 aromatic rings. The second-order valence-electron chi connectivity index (χ2n) is 3.43. The van der Waals surface area contributed by atoms with Gasteiger partial charge in [0, 0.05) is 22.7 Å². The number of carbonyl (C=O) groups excluding carboxylic acids is 1. The van der Waals surface area contributed by atoms with E-state index in [2.05, 4.69) is 28.6 Å². The van der Waals surface area contributed by atoms with Crippen LogP contribution in [-0.2, 0) is 4.79 Å². The van der Waals surface area contributed by atoms with Gasteiger partial charge in [0.05, 0.1) is 5.69 Å². The Hall–Kier alpha value is -0.550. The van der Waals surface area contributed by atoms with Crippen LogP contribution in [0, 0.1) is 5.82 Å². The van der Waals surface area contributed by atoms with E-state index in [0.29, 0.717) is 23.1 Å². The third kappa shape index (κ3) is 2.03. The highest BCUT2D eigenvalue weighted by molar-refractivity contribution is 9.10. The van der Waals surface area contributed by atoms with E-state index in [1.165, 1.54) is 11.0 Å². The number of anilines is 1. The first-order valence-electron chi connectivity index (χ1n) is 4.52. The van der Waals surface area contributed by atoms with Gasteiger partial charge in [0.1, 0.15) is 5.82 Å². The molecular weight excluding hydrogens is 281 g/mol. The van der Waals surface area contributed by atoms with E-state index in [1.54, 1.807) is 12.1 Å². The summed E-state index contributed by atoms with van der Waals surface area (Å²) in [5, 5.41) is -0.0102. The lowest BCUT2D eigenvalue weighted by atomic mass is 10.3. The second kappa shape index (κ2) is 4.14. The summed E-state index contributed by atoms with van der Waals surface area (Å²) >= 11 is 7.48. The van der Waals surface area contributed by atoms with E-state index < -0.39 is 0 Å². The number of nitrogens with zero attached hydrogens (tertiary/aromatic N) is 1. The van der Waals surface area contributed by atoms with Crippen molar-refractivity contribution in [3.63, 3.8) is 0 Å². The molecule has 0 bridgehead atoms.